The maximum absolute atomic E-state index is 12.5. The summed E-state index contributed by atoms with van der Waals surface area (Å²) in [5, 5.41) is 4.16. The summed E-state index contributed by atoms with van der Waals surface area (Å²) < 4.78 is 0. The molecule has 116 valence electrons. The van der Waals surface area contributed by atoms with Crippen molar-refractivity contribution in [1.82, 2.24) is 10.2 Å². The summed E-state index contributed by atoms with van der Waals surface area (Å²) in [6.45, 7) is 1.93. The van der Waals surface area contributed by atoms with Crippen molar-refractivity contribution >= 4 is 29.9 Å². The number of nitrogens with one attached hydrogen (secondary N) is 1. The van der Waals surface area contributed by atoms with Crippen LogP contribution >= 0.6 is 24.0 Å². The molecule has 2 heterocycles. The standard InChI is InChI=1S/C16H21ClN2O.ClH/c17-13-5-1-4-12(10-13)15-7-3-9-19(15)16(20)11-14-6-2-8-18-14;/h1,4-5,10,14-15,18H,2-3,6-9,11H2;1H. The van der Waals surface area contributed by atoms with Crippen molar-refractivity contribution in [2.45, 2.75) is 44.2 Å². The number of amides is 1. The number of benzene rings is 1. The zero-order valence-corrected chi connectivity index (χ0v) is 13.6. The molecule has 5 heteroatoms. The Labute approximate surface area is 137 Å². The van der Waals surface area contributed by atoms with Gasteiger partial charge in [-0.15, -0.1) is 12.4 Å². The Bertz CT molecular complexity index is 489. The second-order valence-electron chi connectivity index (χ2n) is 5.80. The average Bonchev–Trinajstić information content (AvgIpc) is 3.09. The molecule has 0 saturated carbocycles. The number of carbonyl (C=O) groups is 1. The summed E-state index contributed by atoms with van der Waals surface area (Å²) in [4.78, 5) is 14.6. The van der Waals surface area contributed by atoms with Crippen LogP contribution in [0.15, 0.2) is 24.3 Å². The van der Waals surface area contributed by atoms with Crippen molar-refractivity contribution in [3.05, 3.63) is 34.9 Å². The minimum atomic E-state index is 0. The number of halogens is 2. The topological polar surface area (TPSA) is 32.3 Å². The van der Waals surface area contributed by atoms with Crippen LogP contribution in [-0.2, 0) is 4.79 Å². The maximum atomic E-state index is 12.5. The van der Waals surface area contributed by atoms with E-state index in [4.69, 9.17) is 11.6 Å². The Balaban J connectivity index is 0.00000161. The third-order valence-corrected chi connectivity index (χ3v) is 4.63. The fraction of sp³-hybridized carbons (Fsp3) is 0.562. The summed E-state index contributed by atoms with van der Waals surface area (Å²) in [7, 11) is 0. The van der Waals surface area contributed by atoms with Gasteiger partial charge in [-0.25, -0.2) is 0 Å². The monoisotopic (exact) mass is 328 g/mol. The normalized spacial score (nSPS) is 24.9. The van der Waals surface area contributed by atoms with Crippen LogP contribution in [0.2, 0.25) is 5.02 Å². The second kappa shape index (κ2) is 7.48. The van der Waals surface area contributed by atoms with Crippen LogP contribution in [-0.4, -0.2) is 29.9 Å². The third kappa shape index (κ3) is 3.91. The molecule has 2 unspecified atom stereocenters. The van der Waals surface area contributed by atoms with E-state index in [1.54, 1.807) is 0 Å². The molecule has 1 N–H and O–H groups in total. The summed E-state index contributed by atoms with van der Waals surface area (Å²) >= 11 is 6.07. The summed E-state index contributed by atoms with van der Waals surface area (Å²) in [6.07, 6.45) is 5.08. The lowest BCUT2D eigenvalue weighted by Gasteiger charge is -2.26. The van der Waals surface area contributed by atoms with Crippen LogP contribution in [0.4, 0.5) is 0 Å². The van der Waals surface area contributed by atoms with Gasteiger partial charge in [0.1, 0.15) is 0 Å². The predicted molar refractivity (Wildman–Crippen MR) is 88.0 cm³/mol. The van der Waals surface area contributed by atoms with Gasteiger partial charge in [-0.1, -0.05) is 23.7 Å². The SMILES string of the molecule is Cl.O=C(CC1CCCN1)N1CCCC1c1cccc(Cl)c1. The van der Waals surface area contributed by atoms with E-state index in [-0.39, 0.29) is 24.4 Å². The van der Waals surface area contributed by atoms with E-state index in [0.717, 1.165) is 37.4 Å². The van der Waals surface area contributed by atoms with Crippen LogP contribution in [0.25, 0.3) is 0 Å². The molecule has 0 bridgehead atoms. The van der Waals surface area contributed by atoms with Crippen LogP contribution in [0.3, 0.4) is 0 Å². The molecule has 0 aliphatic carbocycles. The lowest BCUT2D eigenvalue weighted by molar-refractivity contribution is -0.132. The molecule has 0 aromatic heterocycles. The van der Waals surface area contributed by atoms with Crippen LogP contribution in [0, 0.1) is 0 Å². The molecule has 3 rings (SSSR count). The van der Waals surface area contributed by atoms with Gasteiger partial charge in [-0.05, 0) is 49.9 Å². The number of hydrogen-bond acceptors (Lipinski definition) is 2. The highest BCUT2D eigenvalue weighted by Crippen LogP contribution is 2.33. The second-order valence-corrected chi connectivity index (χ2v) is 6.23. The molecule has 2 aliphatic heterocycles. The van der Waals surface area contributed by atoms with Gasteiger partial charge in [0.05, 0.1) is 6.04 Å². The highest BCUT2D eigenvalue weighted by Gasteiger charge is 2.31. The first-order chi connectivity index (χ1) is 9.74. The number of likely N-dealkylation sites (tertiary alicyclic amines) is 1. The molecule has 2 aliphatic rings. The Morgan fingerprint density at radius 2 is 2.19 bits per heavy atom. The highest BCUT2D eigenvalue weighted by molar-refractivity contribution is 6.30. The number of rotatable bonds is 3. The predicted octanol–water partition coefficient (Wildman–Crippen LogP) is 3.57. The quantitative estimate of drug-likeness (QED) is 0.919. The van der Waals surface area contributed by atoms with E-state index >= 15 is 0 Å². The van der Waals surface area contributed by atoms with Crippen LogP contribution in [0.1, 0.15) is 43.7 Å². The summed E-state index contributed by atoms with van der Waals surface area (Å²) in [6, 6.07) is 8.51. The first-order valence-electron chi connectivity index (χ1n) is 7.52. The first-order valence-corrected chi connectivity index (χ1v) is 7.90. The molecule has 2 atom stereocenters. The Kier molecular flexibility index (Phi) is 5.91. The van der Waals surface area contributed by atoms with Gasteiger partial charge in [-0.3, -0.25) is 4.79 Å². The number of hydrogen-bond donors (Lipinski definition) is 1. The van der Waals surface area contributed by atoms with Gasteiger partial charge in [-0.2, -0.15) is 0 Å². The van der Waals surface area contributed by atoms with Crippen molar-refractivity contribution in [3.8, 4) is 0 Å². The molecule has 1 amide bonds. The zero-order valence-electron chi connectivity index (χ0n) is 12.1. The Morgan fingerprint density at radius 3 is 2.90 bits per heavy atom. The van der Waals surface area contributed by atoms with E-state index in [9.17, 15) is 4.79 Å². The van der Waals surface area contributed by atoms with Gasteiger partial charge in [0.25, 0.3) is 0 Å². The lowest BCUT2D eigenvalue weighted by Crippen LogP contribution is -2.35. The Hall–Kier alpha value is -0.770. The first kappa shape index (κ1) is 16.6. The molecule has 21 heavy (non-hydrogen) atoms. The maximum Gasteiger partial charge on any atom is 0.224 e. The highest BCUT2D eigenvalue weighted by atomic mass is 35.5. The van der Waals surface area contributed by atoms with Crippen molar-refractivity contribution in [3.63, 3.8) is 0 Å². The van der Waals surface area contributed by atoms with Crippen molar-refractivity contribution in [2.75, 3.05) is 13.1 Å². The molecule has 2 fully saturated rings. The fourth-order valence-corrected chi connectivity index (χ4v) is 3.58. The van der Waals surface area contributed by atoms with Gasteiger partial charge in [0.2, 0.25) is 5.91 Å². The molecule has 1 aromatic rings. The average molecular weight is 329 g/mol. The van der Waals surface area contributed by atoms with Gasteiger partial charge < -0.3 is 10.2 Å². The van der Waals surface area contributed by atoms with E-state index < -0.39 is 0 Å². The van der Waals surface area contributed by atoms with Gasteiger partial charge in [0, 0.05) is 24.0 Å². The van der Waals surface area contributed by atoms with Crippen molar-refractivity contribution in [2.24, 2.45) is 0 Å². The molecular formula is C16H22Cl2N2O. The molecule has 0 spiro atoms. The Morgan fingerprint density at radius 1 is 1.33 bits per heavy atom. The minimum Gasteiger partial charge on any atom is -0.336 e. The summed E-state index contributed by atoms with van der Waals surface area (Å²) in [5.41, 5.74) is 1.17. The van der Waals surface area contributed by atoms with Crippen molar-refractivity contribution in [1.29, 1.82) is 0 Å². The molecule has 3 nitrogen and oxygen atoms in total. The minimum absolute atomic E-state index is 0. The largest absolute Gasteiger partial charge is 0.336 e. The van der Waals surface area contributed by atoms with E-state index in [2.05, 4.69) is 11.4 Å². The zero-order chi connectivity index (χ0) is 13.9. The molecular weight excluding hydrogens is 307 g/mol. The van der Waals surface area contributed by atoms with Crippen LogP contribution < -0.4 is 5.32 Å². The molecule has 2 saturated heterocycles. The van der Waals surface area contributed by atoms with E-state index in [0.29, 0.717) is 12.5 Å². The van der Waals surface area contributed by atoms with Gasteiger partial charge >= 0.3 is 0 Å². The number of carbonyl (C=O) groups excluding carboxylic acids is 1. The smallest absolute Gasteiger partial charge is 0.224 e. The number of nitrogens with zero attached hydrogens (tertiary/aromatic N) is 1. The van der Waals surface area contributed by atoms with E-state index in [1.807, 2.05) is 23.1 Å². The third-order valence-electron chi connectivity index (χ3n) is 4.39. The molecule has 0 radical (unpaired) electrons. The van der Waals surface area contributed by atoms with Crippen molar-refractivity contribution < 1.29 is 4.79 Å². The van der Waals surface area contributed by atoms with Crippen LogP contribution in [0.5, 0.6) is 0 Å². The summed E-state index contributed by atoms with van der Waals surface area (Å²) in [5.74, 6) is 0.284. The lowest BCUT2D eigenvalue weighted by atomic mass is 10.0. The van der Waals surface area contributed by atoms with E-state index in [1.165, 1.54) is 12.0 Å². The molecule has 1 aromatic carbocycles. The van der Waals surface area contributed by atoms with Gasteiger partial charge in [0.15, 0.2) is 0 Å². The fourth-order valence-electron chi connectivity index (χ4n) is 3.38.